The first-order valence-corrected chi connectivity index (χ1v) is 5.32. The van der Waals surface area contributed by atoms with Crippen LogP contribution >= 0.6 is 0 Å². The topological polar surface area (TPSA) is 38.3 Å². The van der Waals surface area contributed by atoms with Crippen molar-refractivity contribution in [2.24, 2.45) is 0 Å². The van der Waals surface area contributed by atoms with Gasteiger partial charge in [0, 0.05) is 12.2 Å². The minimum absolute atomic E-state index is 0.0950. The lowest BCUT2D eigenvalue weighted by molar-refractivity contribution is -0.145. The minimum Gasteiger partial charge on any atom is -0.466 e. The molecule has 2 rings (SSSR count). The molecule has 0 bridgehead atoms. The van der Waals surface area contributed by atoms with Gasteiger partial charge in [0.2, 0.25) is 0 Å². The second kappa shape index (κ2) is 4.34. The van der Waals surface area contributed by atoms with Crippen LogP contribution in [0.4, 0.5) is 5.69 Å². The second-order valence-corrected chi connectivity index (χ2v) is 3.61. The van der Waals surface area contributed by atoms with Crippen LogP contribution in [-0.4, -0.2) is 19.1 Å². The van der Waals surface area contributed by atoms with Crippen molar-refractivity contribution in [3.05, 3.63) is 29.8 Å². The van der Waals surface area contributed by atoms with Crippen LogP contribution in [0.25, 0.3) is 0 Å². The normalized spacial score (nSPS) is 18.9. The fraction of sp³-hybridized carbons (Fsp3) is 0.417. The smallest absolute Gasteiger partial charge is 0.313 e. The maximum Gasteiger partial charge on any atom is 0.313 e. The van der Waals surface area contributed by atoms with Crippen molar-refractivity contribution in [3.63, 3.8) is 0 Å². The highest BCUT2D eigenvalue weighted by Crippen LogP contribution is 2.31. The standard InChI is InChI=1S/C12H15NO2/c1-2-15-12(14)10-7-8-13-11-6-4-3-5-9(10)11/h3-6,10,13H,2,7-8H2,1H3. The molecule has 0 aromatic heterocycles. The summed E-state index contributed by atoms with van der Waals surface area (Å²) in [6.07, 6.45) is 0.815. The summed E-state index contributed by atoms with van der Waals surface area (Å²) in [4.78, 5) is 11.7. The van der Waals surface area contributed by atoms with Crippen molar-refractivity contribution >= 4 is 11.7 Å². The summed E-state index contributed by atoms with van der Waals surface area (Å²) in [5.74, 6) is -0.200. The molecular weight excluding hydrogens is 190 g/mol. The Labute approximate surface area is 89.4 Å². The van der Waals surface area contributed by atoms with E-state index in [1.165, 1.54) is 0 Å². The Bertz CT molecular complexity index is 362. The molecule has 0 aliphatic carbocycles. The highest BCUT2D eigenvalue weighted by Gasteiger charge is 2.26. The third-order valence-corrected chi connectivity index (χ3v) is 2.66. The Morgan fingerprint density at radius 1 is 1.53 bits per heavy atom. The van der Waals surface area contributed by atoms with E-state index in [1.54, 1.807) is 0 Å². The molecule has 1 aliphatic rings. The van der Waals surface area contributed by atoms with Gasteiger partial charge in [0.15, 0.2) is 0 Å². The molecule has 1 heterocycles. The Kier molecular flexibility index (Phi) is 2.90. The lowest BCUT2D eigenvalue weighted by atomic mass is 9.91. The van der Waals surface area contributed by atoms with E-state index in [9.17, 15) is 4.79 Å². The van der Waals surface area contributed by atoms with Gasteiger partial charge in [0.25, 0.3) is 0 Å². The van der Waals surface area contributed by atoms with E-state index in [-0.39, 0.29) is 11.9 Å². The highest BCUT2D eigenvalue weighted by atomic mass is 16.5. The summed E-state index contributed by atoms with van der Waals surface area (Å²) in [5.41, 5.74) is 2.11. The summed E-state index contributed by atoms with van der Waals surface area (Å²) in [6, 6.07) is 7.92. The average molecular weight is 205 g/mol. The zero-order chi connectivity index (χ0) is 10.7. The number of nitrogens with one attached hydrogen (secondary N) is 1. The molecule has 0 radical (unpaired) electrons. The zero-order valence-corrected chi connectivity index (χ0v) is 8.82. The summed E-state index contributed by atoms with van der Waals surface area (Å²) in [5, 5.41) is 3.28. The molecule has 0 saturated carbocycles. The number of fused-ring (bicyclic) bond motifs is 1. The van der Waals surface area contributed by atoms with E-state index in [2.05, 4.69) is 5.32 Å². The fourth-order valence-electron chi connectivity index (χ4n) is 1.96. The van der Waals surface area contributed by atoms with Gasteiger partial charge in [-0.05, 0) is 25.0 Å². The van der Waals surface area contributed by atoms with Crippen molar-refractivity contribution in [1.82, 2.24) is 0 Å². The van der Waals surface area contributed by atoms with E-state index < -0.39 is 0 Å². The average Bonchev–Trinajstić information content (AvgIpc) is 2.28. The van der Waals surface area contributed by atoms with Gasteiger partial charge in [-0.25, -0.2) is 0 Å². The van der Waals surface area contributed by atoms with Crippen LogP contribution in [0.5, 0.6) is 0 Å². The predicted octanol–water partition coefficient (Wildman–Crippen LogP) is 2.15. The van der Waals surface area contributed by atoms with E-state index in [4.69, 9.17) is 4.74 Å². The number of esters is 1. The quantitative estimate of drug-likeness (QED) is 0.752. The number of carbonyl (C=O) groups is 1. The van der Waals surface area contributed by atoms with Crippen molar-refractivity contribution < 1.29 is 9.53 Å². The molecule has 1 aromatic rings. The molecule has 1 atom stereocenters. The monoisotopic (exact) mass is 205 g/mol. The number of benzene rings is 1. The van der Waals surface area contributed by atoms with E-state index in [0.717, 1.165) is 24.2 Å². The summed E-state index contributed by atoms with van der Waals surface area (Å²) < 4.78 is 5.07. The number of carbonyl (C=O) groups excluding carboxylic acids is 1. The Morgan fingerprint density at radius 3 is 3.13 bits per heavy atom. The molecule has 0 spiro atoms. The fourth-order valence-corrected chi connectivity index (χ4v) is 1.96. The van der Waals surface area contributed by atoms with Crippen LogP contribution in [0.15, 0.2) is 24.3 Å². The van der Waals surface area contributed by atoms with Gasteiger partial charge in [-0.3, -0.25) is 4.79 Å². The maximum atomic E-state index is 11.7. The highest BCUT2D eigenvalue weighted by molar-refractivity contribution is 5.81. The van der Waals surface area contributed by atoms with Gasteiger partial charge in [0.1, 0.15) is 0 Å². The van der Waals surface area contributed by atoms with E-state index >= 15 is 0 Å². The Balaban J connectivity index is 2.25. The molecule has 0 fully saturated rings. The van der Waals surface area contributed by atoms with Crippen LogP contribution in [0.3, 0.4) is 0 Å². The first kappa shape index (κ1) is 10.0. The molecule has 3 heteroatoms. The van der Waals surface area contributed by atoms with Gasteiger partial charge in [0.05, 0.1) is 12.5 Å². The van der Waals surface area contributed by atoms with Crippen molar-refractivity contribution in [2.45, 2.75) is 19.3 Å². The first-order valence-electron chi connectivity index (χ1n) is 5.32. The van der Waals surface area contributed by atoms with Gasteiger partial charge in [-0.2, -0.15) is 0 Å². The molecule has 1 aliphatic heterocycles. The summed E-state index contributed by atoms with van der Waals surface area (Å²) >= 11 is 0. The Morgan fingerprint density at radius 2 is 2.33 bits per heavy atom. The van der Waals surface area contributed by atoms with Crippen molar-refractivity contribution in [1.29, 1.82) is 0 Å². The van der Waals surface area contributed by atoms with Gasteiger partial charge >= 0.3 is 5.97 Å². The molecule has 1 N–H and O–H groups in total. The molecule has 1 unspecified atom stereocenters. The zero-order valence-electron chi connectivity index (χ0n) is 8.82. The largest absolute Gasteiger partial charge is 0.466 e. The van der Waals surface area contributed by atoms with Crippen molar-refractivity contribution in [2.75, 3.05) is 18.5 Å². The van der Waals surface area contributed by atoms with E-state index in [1.807, 2.05) is 31.2 Å². The maximum absolute atomic E-state index is 11.7. The third-order valence-electron chi connectivity index (χ3n) is 2.66. The molecule has 80 valence electrons. The lowest BCUT2D eigenvalue weighted by Gasteiger charge is -2.24. The molecule has 1 aromatic carbocycles. The van der Waals surface area contributed by atoms with Crippen LogP contribution < -0.4 is 5.32 Å². The lowest BCUT2D eigenvalue weighted by Crippen LogP contribution is -2.24. The van der Waals surface area contributed by atoms with Crippen LogP contribution in [-0.2, 0) is 9.53 Å². The van der Waals surface area contributed by atoms with Crippen LogP contribution in [0.2, 0.25) is 0 Å². The van der Waals surface area contributed by atoms with E-state index in [0.29, 0.717) is 6.61 Å². The molecule has 0 amide bonds. The SMILES string of the molecule is CCOC(=O)C1CCNc2ccccc21. The second-order valence-electron chi connectivity index (χ2n) is 3.61. The van der Waals surface area contributed by atoms with Gasteiger partial charge in [-0.15, -0.1) is 0 Å². The number of anilines is 1. The minimum atomic E-state index is -0.105. The van der Waals surface area contributed by atoms with Gasteiger partial charge in [-0.1, -0.05) is 18.2 Å². The molecule has 3 nitrogen and oxygen atoms in total. The number of hydrogen-bond donors (Lipinski definition) is 1. The van der Waals surface area contributed by atoms with Crippen LogP contribution in [0, 0.1) is 0 Å². The van der Waals surface area contributed by atoms with Gasteiger partial charge < -0.3 is 10.1 Å². The molecule has 15 heavy (non-hydrogen) atoms. The van der Waals surface area contributed by atoms with Crippen molar-refractivity contribution in [3.8, 4) is 0 Å². The Hall–Kier alpha value is -1.51. The molecular formula is C12H15NO2. The third kappa shape index (κ3) is 1.96. The number of para-hydroxylation sites is 1. The number of hydrogen-bond acceptors (Lipinski definition) is 3. The number of ether oxygens (including phenoxy) is 1. The predicted molar refractivity (Wildman–Crippen MR) is 58.9 cm³/mol. The molecule has 0 saturated heterocycles. The van der Waals surface area contributed by atoms with Crippen LogP contribution in [0.1, 0.15) is 24.8 Å². The number of rotatable bonds is 2. The summed E-state index contributed by atoms with van der Waals surface area (Å²) in [7, 11) is 0. The first-order chi connectivity index (χ1) is 7.33. The summed E-state index contributed by atoms with van der Waals surface area (Å²) in [6.45, 7) is 3.12.